The first-order chi connectivity index (χ1) is 8.04. The lowest BCUT2D eigenvalue weighted by Gasteiger charge is -2.24. The Kier molecular flexibility index (Phi) is 7.09. The van der Waals surface area contributed by atoms with Gasteiger partial charge in [0.1, 0.15) is 5.82 Å². The summed E-state index contributed by atoms with van der Waals surface area (Å²) in [6, 6.07) is 5.38. The number of hydrogen-bond donors (Lipinski definition) is 1. The molecule has 0 radical (unpaired) electrons. The molecule has 0 saturated heterocycles. The molecular weight excluding hydrogens is 216 g/mol. The number of likely N-dealkylation sites (N-methyl/N-ethyl adjacent to an activating group) is 2. The van der Waals surface area contributed by atoms with E-state index in [0.29, 0.717) is 5.82 Å². The molecule has 2 N–H and O–H groups in total. The molecule has 96 valence electrons. The highest BCUT2D eigenvalue weighted by Crippen LogP contribution is 2.09. The van der Waals surface area contributed by atoms with Gasteiger partial charge in [-0.15, -0.1) is 0 Å². The largest absolute Gasteiger partial charge is 0.333 e. The van der Waals surface area contributed by atoms with Crippen molar-refractivity contribution in [1.29, 1.82) is 0 Å². The van der Waals surface area contributed by atoms with Crippen molar-refractivity contribution in [3.8, 4) is 0 Å². The predicted octanol–water partition coefficient (Wildman–Crippen LogP) is 0.569. The standard InChI is InChI=1S/C11H17N3O.CH5N/c1-9(13(2)3)11(15)14(4)10-7-5-6-8-12-10;1-2/h5-9H,1-4H3;2H2,1H3/t9-;/m0./s1. The van der Waals surface area contributed by atoms with Crippen molar-refractivity contribution in [3.05, 3.63) is 24.4 Å². The van der Waals surface area contributed by atoms with E-state index in [2.05, 4.69) is 10.7 Å². The molecule has 1 rings (SSSR count). The van der Waals surface area contributed by atoms with Gasteiger partial charge in [-0.05, 0) is 40.2 Å². The normalized spacial score (nSPS) is 11.5. The van der Waals surface area contributed by atoms with Gasteiger partial charge < -0.3 is 5.73 Å². The van der Waals surface area contributed by atoms with Gasteiger partial charge in [0.05, 0.1) is 6.04 Å². The highest BCUT2D eigenvalue weighted by atomic mass is 16.2. The van der Waals surface area contributed by atoms with Crippen LogP contribution in [0.4, 0.5) is 5.82 Å². The minimum Gasteiger partial charge on any atom is -0.333 e. The molecule has 1 aromatic rings. The summed E-state index contributed by atoms with van der Waals surface area (Å²) < 4.78 is 0. The first-order valence-electron chi connectivity index (χ1n) is 5.47. The van der Waals surface area contributed by atoms with Crippen molar-refractivity contribution >= 4 is 11.7 Å². The summed E-state index contributed by atoms with van der Waals surface area (Å²) in [6.07, 6.45) is 1.68. The lowest BCUT2D eigenvalue weighted by molar-refractivity contribution is -0.122. The molecule has 0 aliphatic carbocycles. The van der Waals surface area contributed by atoms with Crippen molar-refractivity contribution < 1.29 is 4.79 Å². The number of nitrogens with two attached hydrogens (primary N) is 1. The zero-order valence-electron chi connectivity index (χ0n) is 11.2. The highest BCUT2D eigenvalue weighted by Gasteiger charge is 2.20. The molecule has 0 aromatic carbocycles. The molecule has 0 unspecified atom stereocenters. The number of pyridine rings is 1. The average Bonchev–Trinajstić information content (AvgIpc) is 2.39. The summed E-state index contributed by atoms with van der Waals surface area (Å²) in [6.45, 7) is 1.88. The fourth-order valence-corrected chi connectivity index (χ4v) is 1.17. The Morgan fingerprint density at radius 2 is 1.88 bits per heavy atom. The van der Waals surface area contributed by atoms with Crippen LogP contribution in [0, 0.1) is 0 Å². The zero-order chi connectivity index (χ0) is 13.4. The van der Waals surface area contributed by atoms with E-state index >= 15 is 0 Å². The van der Waals surface area contributed by atoms with Crippen LogP contribution in [0.2, 0.25) is 0 Å². The maximum atomic E-state index is 11.9. The van der Waals surface area contributed by atoms with E-state index in [1.54, 1.807) is 18.1 Å². The van der Waals surface area contributed by atoms with E-state index in [0.717, 1.165) is 0 Å². The van der Waals surface area contributed by atoms with Gasteiger partial charge in [0.25, 0.3) is 0 Å². The van der Waals surface area contributed by atoms with Crippen LogP contribution in [-0.2, 0) is 4.79 Å². The van der Waals surface area contributed by atoms with Gasteiger partial charge in [0, 0.05) is 13.2 Å². The SMILES string of the molecule is CN.C[C@@H](C(=O)N(C)c1ccccn1)N(C)C. The summed E-state index contributed by atoms with van der Waals surface area (Å²) in [7, 11) is 7.01. The fraction of sp³-hybridized carbons (Fsp3) is 0.500. The van der Waals surface area contributed by atoms with Crippen LogP contribution in [-0.4, -0.2) is 50.0 Å². The molecule has 0 saturated carbocycles. The van der Waals surface area contributed by atoms with E-state index < -0.39 is 0 Å². The second-order valence-corrected chi connectivity index (χ2v) is 3.72. The molecule has 0 aliphatic rings. The molecule has 0 spiro atoms. The molecular formula is C12H22N4O. The first kappa shape index (κ1) is 15.5. The Hall–Kier alpha value is -1.46. The van der Waals surface area contributed by atoms with E-state index in [1.807, 2.05) is 44.1 Å². The van der Waals surface area contributed by atoms with Gasteiger partial charge in [-0.2, -0.15) is 0 Å². The first-order valence-corrected chi connectivity index (χ1v) is 5.47. The van der Waals surface area contributed by atoms with Gasteiger partial charge >= 0.3 is 0 Å². The van der Waals surface area contributed by atoms with Gasteiger partial charge in [0.15, 0.2) is 0 Å². The predicted molar refractivity (Wildman–Crippen MR) is 70.9 cm³/mol. The molecule has 0 bridgehead atoms. The van der Waals surface area contributed by atoms with Crippen LogP contribution in [0.25, 0.3) is 0 Å². The van der Waals surface area contributed by atoms with E-state index in [4.69, 9.17) is 0 Å². The summed E-state index contributed by atoms with van der Waals surface area (Å²) >= 11 is 0. The maximum Gasteiger partial charge on any atom is 0.244 e. The molecule has 5 heteroatoms. The number of hydrogen-bond acceptors (Lipinski definition) is 4. The molecule has 1 aromatic heterocycles. The Labute approximate surface area is 103 Å². The average molecular weight is 238 g/mol. The molecule has 17 heavy (non-hydrogen) atoms. The van der Waals surface area contributed by atoms with Gasteiger partial charge in [-0.25, -0.2) is 4.98 Å². The highest BCUT2D eigenvalue weighted by molar-refractivity contribution is 5.95. The Morgan fingerprint density at radius 3 is 2.29 bits per heavy atom. The minimum atomic E-state index is -0.142. The van der Waals surface area contributed by atoms with E-state index in [1.165, 1.54) is 7.05 Å². The second kappa shape index (κ2) is 7.76. The summed E-state index contributed by atoms with van der Waals surface area (Å²) in [5.74, 6) is 0.718. The summed E-state index contributed by atoms with van der Waals surface area (Å²) in [5.41, 5.74) is 4.50. The number of nitrogens with zero attached hydrogens (tertiary/aromatic N) is 3. The number of anilines is 1. The Balaban J connectivity index is 0.00000121. The maximum absolute atomic E-state index is 11.9. The van der Waals surface area contributed by atoms with Gasteiger partial charge in [-0.1, -0.05) is 6.07 Å². The van der Waals surface area contributed by atoms with Gasteiger partial charge in [0.2, 0.25) is 5.91 Å². The second-order valence-electron chi connectivity index (χ2n) is 3.72. The zero-order valence-corrected chi connectivity index (χ0v) is 11.2. The van der Waals surface area contributed by atoms with Crippen molar-refractivity contribution in [2.24, 2.45) is 5.73 Å². The number of carbonyl (C=O) groups is 1. The lowest BCUT2D eigenvalue weighted by Crippen LogP contribution is -2.42. The topological polar surface area (TPSA) is 62.5 Å². The van der Waals surface area contributed by atoms with Crippen molar-refractivity contribution in [2.45, 2.75) is 13.0 Å². The molecule has 0 aliphatic heterocycles. The molecule has 1 amide bonds. The van der Waals surface area contributed by atoms with Crippen LogP contribution in [0.1, 0.15) is 6.92 Å². The molecule has 1 atom stereocenters. The third-order valence-corrected chi connectivity index (χ3v) is 2.46. The Morgan fingerprint density at radius 1 is 1.29 bits per heavy atom. The van der Waals surface area contributed by atoms with Gasteiger partial charge in [-0.3, -0.25) is 14.6 Å². The smallest absolute Gasteiger partial charge is 0.244 e. The minimum absolute atomic E-state index is 0.0405. The number of rotatable bonds is 3. The van der Waals surface area contributed by atoms with Crippen molar-refractivity contribution in [3.63, 3.8) is 0 Å². The molecule has 0 fully saturated rings. The van der Waals surface area contributed by atoms with Crippen LogP contribution < -0.4 is 10.6 Å². The summed E-state index contributed by atoms with van der Waals surface area (Å²) in [4.78, 5) is 19.5. The quantitative estimate of drug-likeness (QED) is 0.836. The third kappa shape index (κ3) is 4.50. The fourth-order valence-electron chi connectivity index (χ4n) is 1.17. The van der Waals surface area contributed by atoms with Crippen molar-refractivity contribution in [1.82, 2.24) is 9.88 Å². The number of aromatic nitrogens is 1. The Bertz CT molecular complexity index is 327. The molecule has 1 heterocycles. The lowest BCUT2D eigenvalue weighted by atomic mass is 10.2. The van der Waals surface area contributed by atoms with Crippen LogP contribution >= 0.6 is 0 Å². The van der Waals surface area contributed by atoms with Crippen LogP contribution in [0.5, 0.6) is 0 Å². The number of amides is 1. The number of carbonyl (C=O) groups excluding carboxylic acids is 1. The van der Waals surface area contributed by atoms with Crippen LogP contribution in [0.15, 0.2) is 24.4 Å². The van der Waals surface area contributed by atoms with E-state index in [-0.39, 0.29) is 11.9 Å². The monoisotopic (exact) mass is 238 g/mol. The van der Waals surface area contributed by atoms with E-state index in [9.17, 15) is 4.79 Å². The third-order valence-electron chi connectivity index (χ3n) is 2.46. The van der Waals surface area contributed by atoms with Crippen molar-refractivity contribution in [2.75, 3.05) is 33.1 Å². The van der Waals surface area contributed by atoms with Crippen LogP contribution in [0.3, 0.4) is 0 Å². The summed E-state index contributed by atoms with van der Waals surface area (Å²) in [5, 5.41) is 0. The molecule has 5 nitrogen and oxygen atoms in total.